The van der Waals surface area contributed by atoms with E-state index in [1.807, 2.05) is 0 Å². The Labute approximate surface area is 95.3 Å². The molecule has 0 bridgehead atoms. The highest BCUT2D eigenvalue weighted by molar-refractivity contribution is 7.09. The van der Waals surface area contributed by atoms with E-state index in [0.29, 0.717) is 6.54 Å². The van der Waals surface area contributed by atoms with Crippen LogP contribution in [-0.4, -0.2) is 23.0 Å². The molecule has 15 heavy (non-hydrogen) atoms. The molecule has 0 aliphatic carbocycles. The Balaban J connectivity index is 1.89. The lowest BCUT2D eigenvalue weighted by molar-refractivity contribution is 0.274. The van der Waals surface area contributed by atoms with Gasteiger partial charge in [-0.05, 0) is 25.9 Å². The molecule has 4 heteroatoms. The van der Waals surface area contributed by atoms with E-state index in [1.54, 1.807) is 11.3 Å². The summed E-state index contributed by atoms with van der Waals surface area (Å²) < 4.78 is 0. The summed E-state index contributed by atoms with van der Waals surface area (Å²) in [4.78, 5) is 7.02. The maximum absolute atomic E-state index is 5.56. The van der Waals surface area contributed by atoms with Gasteiger partial charge in [0.25, 0.3) is 0 Å². The zero-order valence-corrected chi connectivity index (χ0v) is 9.93. The number of hydrogen-bond acceptors (Lipinski definition) is 4. The lowest BCUT2D eigenvalue weighted by atomic mass is 10.2. The molecule has 1 aromatic rings. The molecule has 2 heterocycles. The lowest BCUT2D eigenvalue weighted by Gasteiger charge is -2.17. The summed E-state index contributed by atoms with van der Waals surface area (Å²) in [5.41, 5.74) is 6.75. The summed E-state index contributed by atoms with van der Waals surface area (Å²) in [6.07, 6.45) is 5.46. The third-order valence-corrected chi connectivity index (χ3v) is 3.78. The summed E-state index contributed by atoms with van der Waals surface area (Å²) in [6.45, 7) is 4.05. The Kier molecular flexibility index (Phi) is 4.11. The van der Waals surface area contributed by atoms with Crippen LogP contribution in [0.25, 0.3) is 0 Å². The Morgan fingerprint density at radius 1 is 1.27 bits per heavy atom. The molecule has 0 radical (unpaired) electrons. The van der Waals surface area contributed by atoms with E-state index in [-0.39, 0.29) is 0 Å². The normalized spacial score (nSPS) is 19.0. The van der Waals surface area contributed by atoms with Gasteiger partial charge in [0, 0.05) is 18.5 Å². The molecule has 1 saturated heterocycles. The molecular weight excluding hydrogens is 206 g/mol. The Bertz CT molecular complexity index is 290. The molecule has 2 rings (SSSR count). The third kappa shape index (κ3) is 3.26. The number of rotatable bonds is 3. The Morgan fingerprint density at radius 3 is 2.60 bits per heavy atom. The number of thiazole rings is 1. The highest BCUT2D eigenvalue weighted by Gasteiger charge is 2.10. The van der Waals surface area contributed by atoms with Gasteiger partial charge in [-0.2, -0.15) is 0 Å². The molecule has 0 atom stereocenters. The number of aromatic nitrogens is 1. The predicted octanol–water partition coefficient (Wildman–Crippen LogP) is 1.98. The van der Waals surface area contributed by atoms with Crippen molar-refractivity contribution in [3.8, 4) is 0 Å². The minimum Gasteiger partial charge on any atom is -0.325 e. The van der Waals surface area contributed by atoms with Crippen LogP contribution in [0.2, 0.25) is 0 Å². The molecule has 0 unspecified atom stereocenters. The third-order valence-electron chi connectivity index (χ3n) is 2.86. The van der Waals surface area contributed by atoms with Crippen molar-refractivity contribution in [3.05, 3.63) is 16.1 Å². The van der Waals surface area contributed by atoms with Crippen molar-refractivity contribution < 1.29 is 0 Å². The summed E-state index contributed by atoms with van der Waals surface area (Å²) in [5.74, 6) is 0. The summed E-state index contributed by atoms with van der Waals surface area (Å²) in [6, 6.07) is 0. The van der Waals surface area contributed by atoms with Crippen molar-refractivity contribution in [2.45, 2.75) is 38.8 Å². The largest absolute Gasteiger partial charge is 0.325 e. The molecule has 3 nitrogen and oxygen atoms in total. The second-order valence-corrected chi connectivity index (χ2v) is 5.07. The van der Waals surface area contributed by atoms with Gasteiger partial charge in [0.2, 0.25) is 0 Å². The first-order chi connectivity index (χ1) is 7.38. The fraction of sp³-hybridized carbons (Fsp3) is 0.727. The molecular formula is C11H19N3S. The average molecular weight is 225 g/mol. The van der Waals surface area contributed by atoms with Gasteiger partial charge in [-0.25, -0.2) is 4.98 Å². The SMILES string of the molecule is NCc1nc(CN2CCCCCC2)cs1. The van der Waals surface area contributed by atoms with Crippen LogP contribution in [0.5, 0.6) is 0 Å². The second kappa shape index (κ2) is 5.58. The summed E-state index contributed by atoms with van der Waals surface area (Å²) >= 11 is 1.68. The van der Waals surface area contributed by atoms with Crippen molar-refractivity contribution in [1.29, 1.82) is 0 Å². The molecule has 0 amide bonds. The van der Waals surface area contributed by atoms with E-state index in [0.717, 1.165) is 11.6 Å². The van der Waals surface area contributed by atoms with Crippen molar-refractivity contribution >= 4 is 11.3 Å². The van der Waals surface area contributed by atoms with Crippen LogP contribution in [-0.2, 0) is 13.1 Å². The van der Waals surface area contributed by atoms with Crippen molar-refractivity contribution in [2.24, 2.45) is 5.73 Å². The lowest BCUT2D eigenvalue weighted by Crippen LogP contribution is -2.24. The first-order valence-corrected chi connectivity index (χ1v) is 6.62. The molecule has 2 N–H and O–H groups in total. The maximum atomic E-state index is 5.56. The average Bonchev–Trinajstić information content (AvgIpc) is 2.54. The molecule has 1 fully saturated rings. The van der Waals surface area contributed by atoms with Gasteiger partial charge in [-0.1, -0.05) is 12.8 Å². The molecule has 84 valence electrons. The van der Waals surface area contributed by atoms with Gasteiger partial charge in [0.1, 0.15) is 5.01 Å². The Morgan fingerprint density at radius 2 is 2.00 bits per heavy atom. The minimum absolute atomic E-state index is 0.574. The van der Waals surface area contributed by atoms with Gasteiger partial charge >= 0.3 is 0 Å². The molecule has 1 aromatic heterocycles. The fourth-order valence-corrected chi connectivity index (χ4v) is 2.70. The van der Waals surface area contributed by atoms with Crippen molar-refractivity contribution in [3.63, 3.8) is 0 Å². The van der Waals surface area contributed by atoms with E-state index in [4.69, 9.17) is 5.73 Å². The van der Waals surface area contributed by atoms with Crippen LogP contribution in [0.4, 0.5) is 0 Å². The molecule has 0 saturated carbocycles. The number of nitrogens with zero attached hydrogens (tertiary/aromatic N) is 2. The quantitative estimate of drug-likeness (QED) is 0.855. The summed E-state index contributed by atoms with van der Waals surface area (Å²) in [5, 5.41) is 3.20. The van der Waals surface area contributed by atoms with Gasteiger partial charge in [-0.15, -0.1) is 11.3 Å². The van der Waals surface area contributed by atoms with Gasteiger partial charge in [-0.3, -0.25) is 4.90 Å². The van der Waals surface area contributed by atoms with E-state index in [1.165, 1.54) is 44.5 Å². The first-order valence-electron chi connectivity index (χ1n) is 5.74. The van der Waals surface area contributed by atoms with E-state index < -0.39 is 0 Å². The van der Waals surface area contributed by atoms with Crippen LogP contribution in [0, 0.1) is 0 Å². The Hall–Kier alpha value is -0.450. The van der Waals surface area contributed by atoms with Crippen LogP contribution in [0.15, 0.2) is 5.38 Å². The van der Waals surface area contributed by atoms with E-state index in [9.17, 15) is 0 Å². The maximum Gasteiger partial charge on any atom is 0.106 e. The molecule has 0 aromatic carbocycles. The fourth-order valence-electron chi connectivity index (χ4n) is 2.04. The summed E-state index contributed by atoms with van der Waals surface area (Å²) in [7, 11) is 0. The number of nitrogens with two attached hydrogens (primary N) is 1. The standard InChI is InChI=1S/C11H19N3S/c12-7-11-13-10(9-15-11)8-14-5-3-1-2-4-6-14/h9H,1-8,12H2. The van der Waals surface area contributed by atoms with Gasteiger partial charge in [0.15, 0.2) is 0 Å². The monoisotopic (exact) mass is 225 g/mol. The highest BCUT2D eigenvalue weighted by atomic mass is 32.1. The zero-order chi connectivity index (χ0) is 10.5. The molecule has 0 spiro atoms. The van der Waals surface area contributed by atoms with E-state index >= 15 is 0 Å². The second-order valence-electron chi connectivity index (χ2n) is 4.13. The smallest absolute Gasteiger partial charge is 0.106 e. The number of hydrogen-bond donors (Lipinski definition) is 1. The van der Waals surface area contributed by atoms with Crippen molar-refractivity contribution in [1.82, 2.24) is 9.88 Å². The van der Waals surface area contributed by atoms with E-state index in [2.05, 4.69) is 15.3 Å². The minimum atomic E-state index is 0.574. The van der Waals surface area contributed by atoms with Gasteiger partial charge < -0.3 is 5.73 Å². The van der Waals surface area contributed by atoms with Crippen LogP contribution >= 0.6 is 11.3 Å². The predicted molar refractivity (Wildman–Crippen MR) is 63.8 cm³/mol. The van der Waals surface area contributed by atoms with Crippen molar-refractivity contribution in [2.75, 3.05) is 13.1 Å². The molecule has 1 aliphatic rings. The van der Waals surface area contributed by atoms with Crippen LogP contribution in [0.1, 0.15) is 36.4 Å². The van der Waals surface area contributed by atoms with Gasteiger partial charge in [0.05, 0.1) is 5.69 Å². The topological polar surface area (TPSA) is 42.1 Å². The number of likely N-dealkylation sites (tertiary alicyclic amines) is 1. The zero-order valence-electron chi connectivity index (χ0n) is 9.11. The van der Waals surface area contributed by atoms with Crippen LogP contribution in [0.3, 0.4) is 0 Å². The van der Waals surface area contributed by atoms with Crippen LogP contribution < -0.4 is 5.73 Å². The first kappa shape index (κ1) is 11.0. The highest BCUT2D eigenvalue weighted by Crippen LogP contribution is 2.15. The molecule has 1 aliphatic heterocycles.